The normalized spacial score (nSPS) is 16.6. The Kier molecular flexibility index (Phi) is 5.92. The fraction of sp³-hybridized carbons (Fsp3) is 0.545. The first-order chi connectivity index (χ1) is 13.7. The van der Waals surface area contributed by atoms with E-state index in [1.807, 2.05) is 32.9 Å². The number of hydrogen-bond donors (Lipinski definition) is 1. The van der Waals surface area contributed by atoms with Crippen molar-refractivity contribution in [2.45, 2.75) is 64.3 Å². The number of nitrogens with one attached hydrogen (secondary N) is 1. The first-order valence-corrected chi connectivity index (χ1v) is 9.97. The van der Waals surface area contributed by atoms with Crippen molar-refractivity contribution < 1.29 is 14.3 Å². The van der Waals surface area contributed by atoms with Gasteiger partial charge in [-0.15, -0.1) is 12.3 Å². The molecule has 0 aliphatic carbocycles. The molecular weight excluding hydrogens is 368 g/mol. The lowest BCUT2D eigenvalue weighted by Crippen LogP contribution is -2.40. The average molecular weight is 396 g/mol. The fourth-order valence-electron chi connectivity index (χ4n) is 3.32. The summed E-state index contributed by atoms with van der Waals surface area (Å²) in [7, 11) is 0. The van der Waals surface area contributed by atoms with Crippen molar-refractivity contribution in [2.75, 3.05) is 13.1 Å². The largest absolute Gasteiger partial charge is 0.444 e. The van der Waals surface area contributed by atoms with Gasteiger partial charge in [0.25, 0.3) is 5.91 Å². The molecule has 0 atom stereocenters. The molecule has 2 aliphatic heterocycles. The molecular formula is C22H28N4O3. The van der Waals surface area contributed by atoms with Crippen LogP contribution in [0.15, 0.2) is 28.4 Å². The maximum Gasteiger partial charge on any atom is 0.410 e. The topological polar surface area (TPSA) is 83.4 Å². The third kappa shape index (κ3) is 5.57. The van der Waals surface area contributed by atoms with Gasteiger partial charge in [0.15, 0.2) is 5.66 Å². The molecule has 2 amide bonds. The number of amides is 2. The van der Waals surface area contributed by atoms with Crippen LogP contribution in [0.3, 0.4) is 0 Å². The van der Waals surface area contributed by atoms with Gasteiger partial charge in [0.05, 0.1) is 0 Å². The van der Waals surface area contributed by atoms with Crippen LogP contribution < -0.4 is 5.32 Å². The monoisotopic (exact) mass is 396 g/mol. The quantitative estimate of drug-likeness (QED) is 0.745. The lowest BCUT2D eigenvalue weighted by atomic mass is 9.97. The standard InChI is InChI=1S/C22H28N4O3/c1-5-6-10-22(24-25-22)11-12-23-19(27)17-7-8-18-15-26(13-9-16(18)14-17)20(28)29-21(2,3)4/h1,7-8,14H,6,9-13,15H2,2-4H3,(H,23,27). The van der Waals surface area contributed by atoms with Gasteiger partial charge in [-0.3, -0.25) is 4.79 Å². The molecule has 0 saturated heterocycles. The van der Waals surface area contributed by atoms with E-state index in [9.17, 15) is 9.59 Å². The van der Waals surface area contributed by atoms with E-state index in [2.05, 4.69) is 21.5 Å². The van der Waals surface area contributed by atoms with Gasteiger partial charge in [0.2, 0.25) is 0 Å². The van der Waals surface area contributed by atoms with E-state index in [1.54, 1.807) is 11.0 Å². The Bertz CT molecular complexity index is 858. The van der Waals surface area contributed by atoms with Crippen molar-refractivity contribution in [1.82, 2.24) is 10.2 Å². The second kappa shape index (κ2) is 8.24. The Balaban J connectivity index is 1.53. The van der Waals surface area contributed by atoms with E-state index < -0.39 is 5.60 Å². The molecule has 0 radical (unpaired) electrons. The fourth-order valence-corrected chi connectivity index (χ4v) is 3.32. The van der Waals surface area contributed by atoms with E-state index in [4.69, 9.17) is 11.2 Å². The summed E-state index contributed by atoms with van der Waals surface area (Å²) in [5, 5.41) is 11.1. The summed E-state index contributed by atoms with van der Waals surface area (Å²) in [6.45, 7) is 7.14. The average Bonchev–Trinajstić information content (AvgIpc) is 3.44. The molecule has 0 spiro atoms. The van der Waals surface area contributed by atoms with E-state index >= 15 is 0 Å². The summed E-state index contributed by atoms with van der Waals surface area (Å²) in [5.41, 5.74) is 1.86. The molecule has 7 nitrogen and oxygen atoms in total. The second-order valence-corrected chi connectivity index (χ2v) is 8.53. The highest BCUT2D eigenvalue weighted by Crippen LogP contribution is 2.36. The maximum absolute atomic E-state index is 12.5. The summed E-state index contributed by atoms with van der Waals surface area (Å²) in [6.07, 6.45) is 7.71. The van der Waals surface area contributed by atoms with Crippen molar-refractivity contribution in [3.05, 3.63) is 34.9 Å². The highest BCUT2D eigenvalue weighted by molar-refractivity contribution is 5.94. The molecule has 154 valence electrons. The van der Waals surface area contributed by atoms with Crippen molar-refractivity contribution in [2.24, 2.45) is 10.2 Å². The van der Waals surface area contributed by atoms with Gasteiger partial charge in [-0.1, -0.05) is 6.07 Å². The summed E-state index contributed by atoms with van der Waals surface area (Å²) in [5.74, 6) is 2.48. The van der Waals surface area contributed by atoms with Crippen LogP contribution in [0.2, 0.25) is 0 Å². The number of rotatable bonds is 6. The van der Waals surface area contributed by atoms with Gasteiger partial charge in [-0.2, -0.15) is 10.2 Å². The van der Waals surface area contributed by atoms with Gasteiger partial charge < -0.3 is 15.0 Å². The number of ether oxygens (including phenoxy) is 1. The highest BCUT2D eigenvalue weighted by atomic mass is 16.6. The molecule has 0 saturated carbocycles. The van der Waals surface area contributed by atoms with Crippen molar-refractivity contribution >= 4 is 12.0 Å². The van der Waals surface area contributed by atoms with E-state index in [1.165, 1.54) is 0 Å². The van der Waals surface area contributed by atoms with Crippen LogP contribution in [-0.2, 0) is 17.7 Å². The third-order valence-electron chi connectivity index (χ3n) is 5.00. The highest BCUT2D eigenvalue weighted by Gasteiger charge is 2.38. The summed E-state index contributed by atoms with van der Waals surface area (Å²) in [4.78, 5) is 26.5. The molecule has 1 aromatic carbocycles. The van der Waals surface area contributed by atoms with Crippen LogP contribution in [0.25, 0.3) is 0 Å². The minimum Gasteiger partial charge on any atom is -0.444 e. The molecule has 3 rings (SSSR count). The molecule has 7 heteroatoms. The molecule has 29 heavy (non-hydrogen) atoms. The maximum atomic E-state index is 12.5. The number of hydrogen-bond acceptors (Lipinski definition) is 5. The van der Waals surface area contributed by atoms with E-state index in [0.717, 1.165) is 17.5 Å². The van der Waals surface area contributed by atoms with E-state index in [0.29, 0.717) is 44.5 Å². The van der Waals surface area contributed by atoms with E-state index in [-0.39, 0.29) is 17.7 Å². The second-order valence-electron chi connectivity index (χ2n) is 8.53. The zero-order valence-electron chi connectivity index (χ0n) is 17.3. The predicted molar refractivity (Wildman–Crippen MR) is 109 cm³/mol. The van der Waals surface area contributed by atoms with Crippen LogP contribution in [-0.4, -0.2) is 41.3 Å². The van der Waals surface area contributed by atoms with Gasteiger partial charge in [0, 0.05) is 44.5 Å². The number of carbonyl (C=O) groups excluding carboxylic acids is 2. The van der Waals surface area contributed by atoms with Gasteiger partial charge >= 0.3 is 6.09 Å². The van der Waals surface area contributed by atoms with Gasteiger partial charge in [-0.25, -0.2) is 4.79 Å². The minimum absolute atomic E-state index is 0.116. The first-order valence-electron chi connectivity index (χ1n) is 9.97. The Hall–Kier alpha value is -2.88. The molecule has 1 aromatic rings. The molecule has 1 N–H and O–H groups in total. The van der Waals surface area contributed by atoms with Crippen LogP contribution >= 0.6 is 0 Å². The Morgan fingerprint density at radius 2 is 2.03 bits per heavy atom. The Labute approximate surface area is 171 Å². The van der Waals surface area contributed by atoms with Crippen LogP contribution in [0.5, 0.6) is 0 Å². The smallest absolute Gasteiger partial charge is 0.410 e. The van der Waals surface area contributed by atoms with Crippen molar-refractivity contribution in [3.8, 4) is 12.3 Å². The molecule has 2 aliphatic rings. The SMILES string of the molecule is C#CCCC1(CCNC(=O)c2ccc3c(c2)CCN(C(=O)OC(C)(C)C)C3)N=N1. The van der Waals surface area contributed by atoms with Gasteiger partial charge in [-0.05, 0) is 50.5 Å². The third-order valence-corrected chi connectivity index (χ3v) is 5.00. The zero-order valence-corrected chi connectivity index (χ0v) is 17.3. The molecule has 0 aromatic heterocycles. The summed E-state index contributed by atoms with van der Waals surface area (Å²) < 4.78 is 5.45. The van der Waals surface area contributed by atoms with Crippen molar-refractivity contribution in [1.29, 1.82) is 0 Å². The first kappa shape index (κ1) is 20.8. The number of carbonyl (C=O) groups is 2. The molecule has 0 fully saturated rings. The Morgan fingerprint density at radius 1 is 1.28 bits per heavy atom. The lowest BCUT2D eigenvalue weighted by Gasteiger charge is -2.31. The number of fused-ring (bicyclic) bond motifs is 1. The summed E-state index contributed by atoms with van der Waals surface area (Å²) >= 11 is 0. The summed E-state index contributed by atoms with van der Waals surface area (Å²) in [6, 6.07) is 5.63. The predicted octanol–water partition coefficient (Wildman–Crippen LogP) is 3.68. The van der Waals surface area contributed by atoms with Crippen LogP contribution in [0.1, 0.15) is 61.5 Å². The Morgan fingerprint density at radius 3 is 2.69 bits per heavy atom. The zero-order chi connectivity index (χ0) is 21.1. The van der Waals surface area contributed by atoms with Crippen molar-refractivity contribution in [3.63, 3.8) is 0 Å². The van der Waals surface area contributed by atoms with Crippen LogP contribution in [0.4, 0.5) is 4.79 Å². The minimum atomic E-state index is -0.514. The number of benzene rings is 1. The lowest BCUT2D eigenvalue weighted by molar-refractivity contribution is 0.0223. The molecule has 0 bridgehead atoms. The molecule has 0 unspecified atom stereocenters. The number of nitrogens with zero attached hydrogens (tertiary/aromatic N) is 3. The van der Waals surface area contributed by atoms with Crippen LogP contribution in [0, 0.1) is 12.3 Å². The number of terminal acetylenes is 1. The molecule has 2 heterocycles. The van der Waals surface area contributed by atoms with Gasteiger partial charge in [0.1, 0.15) is 5.60 Å².